The molecule has 0 unspecified atom stereocenters. The first-order valence-electron chi connectivity index (χ1n) is 1.26. The summed E-state index contributed by atoms with van der Waals surface area (Å²) in [6.45, 7) is 0. The van der Waals surface area contributed by atoms with Crippen LogP contribution >= 0.6 is 0 Å². The van der Waals surface area contributed by atoms with Crippen molar-refractivity contribution in [2.24, 2.45) is 0 Å². The fourth-order valence-electron chi connectivity index (χ4n) is 0.137. The summed E-state index contributed by atoms with van der Waals surface area (Å²) >= 11 is 0. The molecule has 5 heteroatoms. The van der Waals surface area contributed by atoms with Gasteiger partial charge in [0.25, 0.3) is 0 Å². The Kier molecular flexibility index (Phi) is 0.474. The lowest BCUT2D eigenvalue weighted by Gasteiger charge is -1.46. The highest BCUT2D eigenvalue weighted by atomic mass is 16.6. The molecule has 0 spiro atoms. The van der Waals surface area contributed by atoms with Crippen LogP contribution in [0.3, 0.4) is 0 Å². The zero-order valence-electron chi connectivity index (χ0n) is 2.71. The maximum Gasteiger partial charge on any atom is 0.397 e. The first-order chi connectivity index (χ1) is 2.89. The quantitative estimate of drug-likeness (QED) is 0.429. The summed E-state index contributed by atoms with van der Waals surface area (Å²) in [7, 11) is 0. The monoisotopic (exact) mass is 87.0 g/mol. The van der Waals surface area contributed by atoms with Gasteiger partial charge >= 0.3 is 5.69 Å². The molecule has 0 atom stereocenters. The number of aromatic nitrogens is 3. The van der Waals surface area contributed by atoms with Crippen LogP contribution in [0.25, 0.3) is 0 Å². The third kappa shape index (κ3) is 0.291. The van der Waals surface area contributed by atoms with Crippen molar-refractivity contribution in [2.45, 2.75) is 0 Å². The zero-order chi connectivity index (χ0) is 4.41. The first kappa shape index (κ1) is 3.08. The summed E-state index contributed by atoms with van der Waals surface area (Å²) in [6, 6.07) is 0. The predicted molar refractivity (Wildman–Crippen MR) is 14.9 cm³/mol. The van der Waals surface area contributed by atoms with Gasteiger partial charge in [-0.25, -0.2) is 9.42 Å². The molecule has 0 saturated heterocycles. The lowest BCUT2D eigenvalue weighted by Crippen LogP contribution is -1.99. The van der Waals surface area contributed by atoms with Crippen LogP contribution in [-0.2, 0) is 0 Å². The van der Waals surface area contributed by atoms with Crippen LogP contribution < -0.4 is 5.69 Å². The van der Waals surface area contributed by atoms with Crippen molar-refractivity contribution in [1.29, 1.82) is 0 Å². The van der Waals surface area contributed by atoms with Gasteiger partial charge in [0, 0.05) is 0 Å². The average Bonchev–Trinajstić information content (AvgIpc) is 1.86. The van der Waals surface area contributed by atoms with Gasteiger partial charge < -0.3 is 0 Å². The molecule has 0 fully saturated rings. The van der Waals surface area contributed by atoms with Gasteiger partial charge in [-0.05, 0) is 5.10 Å². The van der Waals surface area contributed by atoms with Crippen molar-refractivity contribution in [3.05, 3.63) is 10.5 Å². The molecular formula is CHN3O2. The van der Waals surface area contributed by atoms with Crippen LogP contribution in [0.4, 0.5) is 0 Å². The number of rotatable bonds is 0. The van der Waals surface area contributed by atoms with Crippen LogP contribution in [0.1, 0.15) is 0 Å². The van der Waals surface area contributed by atoms with Crippen molar-refractivity contribution in [3.63, 3.8) is 0 Å². The molecular weight excluding hydrogens is 86.0 g/mol. The first-order valence-corrected chi connectivity index (χ1v) is 1.26. The van der Waals surface area contributed by atoms with Gasteiger partial charge in [-0.15, -0.1) is 5.16 Å². The molecule has 0 amide bonds. The van der Waals surface area contributed by atoms with Gasteiger partial charge in [-0.2, -0.15) is 0 Å². The highest BCUT2D eigenvalue weighted by molar-refractivity contribution is 4.32. The minimum absolute atomic E-state index is 0.560. The second kappa shape index (κ2) is 0.925. The van der Waals surface area contributed by atoms with Crippen molar-refractivity contribution in [1.82, 2.24) is 15.5 Å². The summed E-state index contributed by atoms with van der Waals surface area (Å²) < 4.78 is 3.92. The van der Waals surface area contributed by atoms with E-state index in [4.69, 9.17) is 0 Å². The third-order valence-electron chi connectivity index (χ3n) is 0.305. The molecule has 6 heavy (non-hydrogen) atoms. The highest BCUT2D eigenvalue weighted by Gasteiger charge is 1.76. The second-order valence-electron chi connectivity index (χ2n) is 0.680. The molecule has 5 nitrogen and oxygen atoms in total. The molecule has 1 heterocycles. The fourth-order valence-corrected chi connectivity index (χ4v) is 0.137. The maximum atomic E-state index is 9.75. The SMILES string of the molecule is O=c1nno[nH]1. The molecule has 32 valence electrons. The topological polar surface area (TPSA) is 71.8 Å². The van der Waals surface area contributed by atoms with E-state index < -0.39 is 5.69 Å². The molecule has 0 saturated carbocycles. The van der Waals surface area contributed by atoms with E-state index >= 15 is 0 Å². The van der Waals surface area contributed by atoms with E-state index in [1.807, 2.05) is 5.16 Å². The fraction of sp³-hybridized carbons (Fsp3) is 0. The van der Waals surface area contributed by atoms with Gasteiger partial charge in [-0.3, -0.25) is 0 Å². The van der Waals surface area contributed by atoms with E-state index in [2.05, 4.69) is 15.0 Å². The number of hydrogen-bond donors (Lipinski definition) is 1. The Morgan fingerprint density at radius 2 is 2.67 bits per heavy atom. The van der Waals surface area contributed by atoms with Gasteiger partial charge in [0.2, 0.25) is 0 Å². The molecule has 1 aromatic rings. The van der Waals surface area contributed by atoms with Crippen molar-refractivity contribution >= 4 is 0 Å². The Morgan fingerprint density at radius 1 is 1.83 bits per heavy atom. The molecule has 1 aromatic heterocycles. The van der Waals surface area contributed by atoms with E-state index in [1.165, 1.54) is 0 Å². The summed E-state index contributed by atoms with van der Waals surface area (Å²) in [5.41, 5.74) is -0.560. The molecule has 0 aliphatic rings. The van der Waals surface area contributed by atoms with E-state index in [0.29, 0.717) is 0 Å². The number of H-pyrrole nitrogens is 1. The van der Waals surface area contributed by atoms with Crippen LogP contribution in [-0.4, -0.2) is 15.5 Å². The summed E-state index contributed by atoms with van der Waals surface area (Å²) in [6.07, 6.45) is 0. The number of nitrogens with zero attached hydrogens (tertiary/aromatic N) is 2. The third-order valence-corrected chi connectivity index (χ3v) is 0.305. The Labute approximate surface area is 31.9 Å². The summed E-state index contributed by atoms with van der Waals surface area (Å²) in [5, 5.41) is 7.56. The molecule has 0 radical (unpaired) electrons. The summed E-state index contributed by atoms with van der Waals surface area (Å²) in [5.74, 6) is 0. The highest BCUT2D eigenvalue weighted by Crippen LogP contribution is 1.42. The van der Waals surface area contributed by atoms with E-state index in [1.54, 1.807) is 0 Å². The Balaban J connectivity index is 3.41. The van der Waals surface area contributed by atoms with Crippen molar-refractivity contribution < 1.29 is 4.63 Å². The normalized spacial score (nSPS) is 8.67. The van der Waals surface area contributed by atoms with Crippen molar-refractivity contribution in [2.75, 3.05) is 0 Å². The Bertz CT molecular complexity index is 147. The smallest absolute Gasteiger partial charge is 0.245 e. The molecule has 1 rings (SSSR count). The molecule has 0 aliphatic carbocycles. The zero-order valence-corrected chi connectivity index (χ0v) is 2.71. The average molecular weight is 87.0 g/mol. The van der Waals surface area contributed by atoms with Crippen LogP contribution in [0.15, 0.2) is 9.42 Å². The number of aromatic amines is 1. The molecule has 1 N–H and O–H groups in total. The molecule has 0 aliphatic heterocycles. The van der Waals surface area contributed by atoms with Crippen LogP contribution in [0, 0.1) is 0 Å². The maximum absolute atomic E-state index is 9.75. The lowest BCUT2D eigenvalue weighted by molar-refractivity contribution is 0.291. The van der Waals surface area contributed by atoms with Gasteiger partial charge in [-0.1, -0.05) is 0 Å². The van der Waals surface area contributed by atoms with Gasteiger partial charge in [0.1, 0.15) is 0 Å². The van der Waals surface area contributed by atoms with Gasteiger partial charge in [0.15, 0.2) is 0 Å². The largest absolute Gasteiger partial charge is 0.397 e. The Morgan fingerprint density at radius 3 is 2.83 bits per heavy atom. The van der Waals surface area contributed by atoms with E-state index in [-0.39, 0.29) is 0 Å². The molecule has 0 bridgehead atoms. The lowest BCUT2D eigenvalue weighted by atomic mass is 11.4. The van der Waals surface area contributed by atoms with Crippen LogP contribution in [0.2, 0.25) is 0 Å². The number of hydrogen-bond acceptors (Lipinski definition) is 4. The molecule has 0 aromatic carbocycles. The summed E-state index contributed by atoms with van der Waals surface area (Å²) in [4.78, 5) is 9.75. The number of nitrogens with one attached hydrogen (secondary N) is 1. The van der Waals surface area contributed by atoms with Crippen molar-refractivity contribution in [3.8, 4) is 0 Å². The van der Waals surface area contributed by atoms with Crippen LogP contribution in [0.5, 0.6) is 0 Å². The Hall–Kier alpha value is -1.13. The minimum atomic E-state index is -0.560. The standard InChI is InChI=1S/CHN3O2/c5-1-2-4-6-3-1/h(H,3,5). The predicted octanol–water partition coefficient (Wildman–Crippen LogP) is -1.24. The minimum Gasteiger partial charge on any atom is -0.245 e. The second-order valence-corrected chi connectivity index (χ2v) is 0.680. The van der Waals surface area contributed by atoms with E-state index in [9.17, 15) is 4.79 Å². The van der Waals surface area contributed by atoms with E-state index in [0.717, 1.165) is 0 Å². The van der Waals surface area contributed by atoms with Gasteiger partial charge in [0.05, 0.1) is 5.27 Å².